The van der Waals surface area contributed by atoms with Crippen LogP contribution in [0.1, 0.15) is 31.7 Å². The zero-order valence-corrected chi connectivity index (χ0v) is 10.5. The molecule has 0 aromatic heterocycles. The number of aliphatic imine (C=N–C) groups is 1. The van der Waals surface area contributed by atoms with E-state index < -0.39 is 0 Å². The predicted octanol–water partition coefficient (Wildman–Crippen LogP) is 4.20. The van der Waals surface area contributed by atoms with Gasteiger partial charge in [-0.25, -0.2) is 0 Å². The fourth-order valence-electron chi connectivity index (χ4n) is 1.76. The Kier molecular flexibility index (Phi) is 3.97. The molecule has 0 N–H and O–H groups in total. The molecule has 0 saturated heterocycles. The van der Waals surface area contributed by atoms with Crippen molar-refractivity contribution in [2.24, 2.45) is 4.99 Å². The lowest BCUT2D eigenvalue weighted by atomic mass is 9.96. The molecule has 2 nitrogen and oxygen atoms in total. The second-order valence-corrected chi connectivity index (χ2v) is 4.40. The Hall–Kier alpha value is -1.57. The molecule has 1 fully saturated rings. The van der Waals surface area contributed by atoms with Crippen LogP contribution >= 0.6 is 0 Å². The third-order valence-electron chi connectivity index (χ3n) is 3.03. The van der Waals surface area contributed by atoms with E-state index in [0.29, 0.717) is 6.10 Å². The van der Waals surface area contributed by atoms with Gasteiger partial charge in [-0.05, 0) is 50.8 Å². The average Bonchev–Trinajstić information content (AvgIpc) is 2.27. The summed E-state index contributed by atoms with van der Waals surface area (Å²) in [5.41, 5.74) is 2.11. The molecule has 0 unspecified atom stereocenters. The number of aryl methyl sites for hydroxylation is 1. The maximum atomic E-state index is 5.96. The van der Waals surface area contributed by atoms with Crippen molar-refractivity contribution in [2.45, 2.75) is 39.2 Å². The van der Waals surface area contributed by atoms with Crippen molar-refractivity contribution in [1.29, 1.82) is 0 Å². The van der Waals surface area contributed by atoms with Crippen LogP contribution in [0.25, 0.3) is 0 Å². The Labute approximate surface area is 103 Å². The first-order valence-electron chi connectivity index (χ1n) is 6.23. The van der Waals surface area contributed by atoms with Crippen molar-refractivity contribution in [2.75, 3.05) is 0 Å². The van der Waals surface area contributed by atoms with Crippen LogP contribution in [0.5, 0.6) is 5.75 Å². The van der Waals surface area contributed by atoms with Crippen molar-refractivity contribution in [3.05, 3.63) is 35.9 Å². The van der Waals surface area contributed by atoms with Crippen LogP contribution in [0, 0.1) is 6.92 Å². The van der Waals surface area contributed by atoms with Gasteiger partial charge in [0.1, 0.15) is 11.4 Å². The molecule has 17 heavy (non-hydrogen) atoms. The van der Waals surface area contributed by atoms with Crippen LogP contribution in [-0.4, -0.2) is 12.3 Å². The summed E-state index contributed by atoms with van der Waals surface area (Å²) < 4.78 is 5.96. The van der Waals surface area contributed by atoms with Crippen LogP contribution in [0.4, 0.5) is 5.69 Å². The number of nitrogens with zero attached hydrogens (tertiary/aromatic N) is 1. The van der Waals surface area contributed by atoms with Crippen LogP contribution in [0.2, 0.25) is 0 Å². The first-order valence-corrected chi connectivity index (χ1v) is 6.23. The Bertz CT molecular complexity index is 431. The van der Waals surface area contributed by atoms with E-state index in [4.69, 9.17) is 4.74 Å². The fourth-order valence-corrected chi connectivity index (χ4v) is 1.76. The van der Waals surface area contributed by atoms with Crippen molar-refractivity contribution in [3.8, 4) is 5.75 Å². The molecule has 2 rings (SSSR count). The molecular formula is C15H19NO. The van der Waals surface area contributed by atoms with Crippen LogP contribution in [0.15, 0.2) is 35.3 Å². The molecule has 0 atom stereocenters. The van der Waals surface area contributed by atoms with Gasteiger partial charge in [0.15, 0.2) is 0 Å². The number of rotatable bonds is 4. The first kappa shape index (κ1) is 11.9. The largest absolute Gasteiger partial charge is 0.488 e. The number of benzene rings is 1. The Morgan fingerprint density at radius 1 is 1.35 bits per heavy atom. The molecule has 1 aromatic rings. The quantitative estimate of drug-likeness (QED) is 0.709. The van der Waals surface area contributed by atoms with Crippen molar-refractivity contribution >= 4 is 11.9 Å². The summed E-state index contributed by atoms with van der Waals surface area (Å²) in [6.45, 7) is 4.05. The molecule has 0 aliphatic heterocycles. The van der Waals surface area contributed by atoms with Gasteiger partial charge in [0.2, 0.25) is 0 Å². The van der Waals surface area contributed by atoms with E-state index in [0.717, 1.165) is 17.0 Å². The molecule has 2 heteroatoms. The summed E-state index contributed by atoms with van der Waals surface area (Å²) in [7, 11) is 0. The summed E-state index contributed by atoms with van der Waals surface area (Å²) in [6, 6.07) is 6.10. The molecule has 0 amide bonds. The summed E-state index contributed by atoms with van der Waals surface area (Å²) in [4.78, 5) is 4.47. The van der Waals surface area contributed by atoms with Gasteiger partial charge in [-0.3, -0.25) is 4.99 Å². The molecule has 0 radical (unpaired) electrons. The lowest BCUT2D eigenvalue weighted by Crippen LogP contribution is -2.24. The highest BCUT2D eigenvalue weighted by Gasteiger charge is 2.20. The number of allylic oxidation sites excluding steroid dienone is 2. The summed E-state index contributed by atoms with van der Waals surface area (Å²) in [6.07, 6.45) is 9.74. The van der Waals surface area contributed by atoms with Gasteiger partial charge in [0.25, 0.3) is 0 Å². The van der Waals surface area contributed by atoms with Gasteiger partial charge in [0.05, 0.1) is 6.10 Å². The number of hydrogen-bond donors (Lipinski definition) is 0. The number of para-hydroxylation sites is 1. The summed E-state index contributed by atoms with van der Waals surface area (Å²) >= 11 is 0. The lowest BCUT2D eigenvalue weighted by Gasteiger charge is -2.27. The third kappa shape index (κ3) is 2.96. The van der Waals surface area contributed by atoms with Crippen molar-refractivity contribution in [1.82, 2.24) is 0 Å². The molecule has 1 aliphatic carbocycles. The van der Waals surface area contributed by atoms with Crippen molar-refractivity contribution in [3.63, 3.8) is 0 Å². The van der Waals surface area contributed by atoms with E-state index in [-0.39, 0.29) is 0 Å². The highest BCUT2D eigenvalue weighted by atomic mass is 16.5. The molecule has 0 spiro atoms. The van der Waals surface area contributed by atoms with E-state index in [9.17, 15) is 0 Å². The minimum atomic E-state index is 0.396. The normalized spacial score (nSPS) is 16.6. The predicted molar refractivity (Wildman–Crippen MR) is 72.4 cm³/mol. The highest BCUT2D eigenvalue weighted by Crippen LogP contribution is 2.34. The monoisotopic (exact) mass is 229 g/mol. The minimum Gasteiger partial charge on any atom is -0.488 e. The third-order valence-corrected chi connectivity index (χ3v) is 3.03. The molecule has 1 aliphatic rings. The maximum absolute atomic E-state index is 5.96. The summed E-state index contributed by atoms with van der Waals surface area (Å²) in [5.74, 6) is 0.912. The molecule has 90 valence electrons. The van der Waals surface area contributed by atoms with E-state index in [1.165, 1.54) is 19.3 Å². The number of hydrogen-bond acceptors (Lipinski definition) is 2. The zero-order valence-electron chi connectivity index (χ0n) is 10.5. The Morgan fingerprint density at radius 2 is 2.18 bits per heavy atom. The topological polar surface area (TPSA) is 21.6 Å². The molecule has 1 saturated carbocycles. The maximum Gasteiger partial charge on any atom is 0.145 e. The molecule has 0 heterocycles. The van der Waals surface area contributed by atoms with Gasteiger partial charge in [-0.1, -0.05) is 18.2 Å². The van der Waals surface area contributed by atoms with Gasteiger partial charge in [0, 0.05) is 6.21 Å². The van der Waals surface area contributed by atoms with Gasteiger partial charge < -0.3 is 4.74 Å². The first-order chi connectivity index (χ1) is 8.31. The Balaban J connectivity index is 2.20. The van der Waals surface area contributed by atoms with Gasteiger partial charge in [-0.15, -0.1) is 0 Å². The van der Waals surface area contributed by atoms with Crippen molar-refractivity contribution < 1.29 is 4.74 Å². The zero-order chi connectivity index (χ0) is 12.1. The second-order valence-electron chi connectivity index (χ2n) is 4.40. The highest BCUT2D eigenvalue weighted by molar-refractivity contribution is 5.76. The van der Waals surface area contributed by atoms with E-state index >= 15 is 0 Å². The van der Waals surface area contributed by atoms with E-state index in [1.807, 2.05) is 37.4 Å². The second kappa shape index (κ2) is 5.67. The van der Waals surface area contributed by atoms with Crippen LogP contribution < -0.4 is 4.74 Å². The number of ether oxygens (including phenoxy) is 1. The van der Waals surface area contributed by atoms with Gasteiger partial charge in [-0.2, -0.15) is 0 Å². The summed E-state index contributed by atoms with van der Waals surface area (Å²) in [5, 5.41) is 0. The molecular weight excluding hydrogens is 210 g/mol. The lowest BCUT2D eigenvalue weighted by molar-refractivity contribution is 0.121. The molecule has 1 aromatic carbocycles. The minimum absolute atomic E-state index is 0.396. The van der Waals surface area contributed by atoms with Gasteiger partial charge >= 0.3 is 0 Å². The van der Waals surface area contributed by atoms with E-state index in [2.05, 4.69) is 18.0 Å². The van der Waals surface area contributed by atoms with Crippen LogP contribution in [-0.2, 0) is 0 Å². The SMILES string of the molecule is C/C=C/C=Nc1c(C)cccc1OC1CCC1. The van der Waals surface area contributed by atoms with Crippen LogP contribution in [0.3, 0.4) is 0 Å². The smallest absolute Gasteiger partial charge is 0.145 e. The average molecular weight is 229 g/mol. The molecule has 0 bridgehead atoms. The standard InChI is InChI=1S/C15H19NO/c1-3-4-11-16-15-12(2)7-5-10-14(15)17-13-8-6-9-13/h3-5,7,10-11,13H,6,8-9H2,1-2H3/b4-3+,16-11?. The Morgan fingerprint density at radius 3 is 2.82 bits per heavy atom. The fraction of sp³-hybridized carbons (Fsp3) is 0.400. The van der Waals surface area contributed by atoms with E-state index in [1.54, 1.807) is 0 Å².